The fourth-order valence-corrected chi connectivity index (χ4v) is 2.62. The fraction of sp³-hybridized carbons (Fsp3) is 0.0769. The van der Waals surface area contributed by atoms with Crippen molar-refractivity contribution in [2.75, 3.05) is 4.72 Å². The van der Waals surface area contributed by atoms with Gasteiger partial charge in [0.2, 0.25) is 0 Å². The molecule has 0 atom stereocenters. The van der Waals surface area contributed by atoms with Gasteiger partial charge in [-0.15, -0.1) is 0 Å². The van der Waals surface area contributed by atoms with Crippen molar-refractivity contribution in [3.63, 3.8) is 0 Å². The molecule has 2 aromatic carbocycles. The number of halogens is 2. The van der Waals surface area contributed by atoms with Crippen LogP contribution in [-0.2, 0) is 10.0 Å². The minimum absolute atomic E-state index is 0.329. The number of anilines is 1. The molecule has 0 heterocycles. The molecule has 2 aromatic rings. The molecule has 2 rings (SSSR count). The maximum atomic E-state index is 13.0. The molecule has 19 heavy (non-hydrogen) atoms. The Morgan fingerprint density at radius 1 is 0.947 bits per heavy atom. The van der Waals surface area contributed by atoms with Crippen molar-refractivity contribution in [3.8, 4) is 0 Å². The molecule has 0 bridgehead atoms. The highest BCUT2D eigenvalue weighted by molar-refractivity contribution is 7.92. The monoisotopic (exact) mass is 283 g/mol. The average Bonchev–Trinajstić information content (AvgIpc) is 2.31. The second-order valence-corrected chi connectivity index (χ2v) is 5.76. The van der Waals surface area contributed by atoms with Crippen molar-refractivity contribution in [3.05, 3.63) is 59.7 Å². The Morgan fingerprint density at radius 3 is 2.00 bits per heavy atom. The number of hydrogen-bond donors (Lipinski definition) is 1. The van der Waals surface area contributed by atoms with Crippen LogP contribution in [0.25, 0.3) is 0 Å². The molecule has 100 valence electrons. The normalized spacial score (nSPS) is 11.3. The maximum absolute atomic E-state index is 13.0. The van der Waals surface area contributed by atoms with Crippen molar-refractivity contribution in [2.45, 2.75) is 11.8 Å². The van der Waals surface area contributed by atoms with E-state index in [2.05, 4.69) is 4.72 Å². The highest BCUT2D eigenvalue weighted by atomic mass is 32.2. The highest BCUT2D eigenvalue weighted by Gasteiger charge is 2.16. The van der Waals surface area contributed by atoms with Crippen molar-refractivity contribution < 1.29 is 17.2 Å². The standard InChI is InChI=1S/C13H11F2NO2S/c1-9-2-4-12(5-3-9)16-19(17,18)13-7-10(14)6-11(15)8-13/h2-8,16H,1H3. The Morgan fingerprint density at radius 2 is 1.47 bits per heavy atom. The molecule has 0 amide bonds. The van der Waals surface area contributed by atoms with Gasteiger partial charge in [0, 0.05) is 11.8 Å². The van der Waals surface area contributed by atoms with Gasteiger partial charge in [-0.25, -0.2) is 17.2 Å². The topological polar surface area (TPSA) is 46.2 Å². The van der Waals surface area contributed by atoms with Gasteiger partial charge in [-0.3, -0.25) is 4.72 Å². The summed E-state index contributed by atoms with van der Waals surface area (Å²) in [6, 6.07) is 8.74. The van der Waals surface area contributed by atoms with Crippen LogP contribution in [0.4, 0.5) is 14.5 Å². The number of sulfonamides is 1. The molecular weight excluding hydrogens is 272 g/mol. The second kappa shape index (κ2) is 4.97. The van der Waals surface area contributed by atoms with E-state index in [0.717, 1.165) is 17.7 Å². The van der Waals surface area contributed by atoms with Gasteiger partial charge in [-0.1, -0.05) is 17.7 Å². The number of aryl methyl sites for hydroxylation is 1. The lowest BCUT2D eigenvalue weighted by atomic mass is 10.2. The SMILES string of the molecule is Cc1ccc(NS(=O)(=O)c2cc(F)cc(F)c2)cc1. The van der Waals surface area contributed by atoms with Gasteiger partial charge in [0.1, 0.15) is 11.6 Å². The third kappa shape index (κ3) is 3.29. The summed E-state index contributed by atoms with van der Waals surface area (Å²) in [6.45, 7) is 1.86. The predicted octanol–water partition coefficient (Wildman–Crippen LogP) is 3.07. The third-order valence-corrected chi connectivity index (χ3v) is 3.81. The van der Waals surface area contributed by atoms with Crippen LogP contribution >= 0.6 is 0 Å². The van der Waals surface area contributed by atoms with Gasteiger partial charge >= 0.3 is 0 Å². The van der Waals surface area contributed by atoms with E-state index in [1.54, 1.807) is 24.3 Å². The van der Waals surface area contributed by atoms with Gasteiger partial charge in [0.25, 0.3) is 10.0 Å². The van der Waals surface area contributed by atoms with E-state index in [1.165, 1.54) is 0 Å². The third-order valence-electron chi connectivity index (χ3n) is 2.45. The molecule has 0 spiro atoms. The molecule has 0 radical (unpaired) electrons. The Hall–Kier alpha value is -1.95. The molecule has 0 aliphatic heterocycles. The summed E-state index contributed by atoms with van der Waals surface area (Å²) >= 11 is 0. The molecule has 0 saturated carbocycles. The van der Waals surface area contributed by atoms with E-state index >= 15 is 0 Å². The van der Waals surface area contributed by atoms with E-state index in [1.807, 2.05) is 6.92 Å². The number of nitrogens with one attached hydrogen (secondary N) is 1. The van der Waals surface area contributed by atoms with Crippen molar-refractivity contribution in [2.24, 2.45) is 0 Å². The van der Waals surface area contributed by atoms with Crippen LogP contribution in [-0.4, -0.2) is 8.42 Å². The first kappa shape index (κ1) is 13.5. The van der Waals surface area contributed by atoms with E-state index in [-0.39, 0.29) is 0 Å². The molecule has 0 aliphatic carbocycles. The number of benzene rings is 2. The van der Waals surface area contributed by atoms with Crippen molar-refractivity contribution in [1.29, 1.82) is 0 Å². The minimum Gasteiger partial charge on any atom is -0.280 e. The summed E-state index contributed by atoms with van der Waals surface area (Å²) < 4.78 is 52.2. The van der Waals surface area contributed by atoms with E-state index < -0.39 is 26.6 Å². The van der Waals surface area contributed by atoms with Crippen molar-refractivity contribution in [1.82, 2.24) is 0 Å². The van der Waals surface area contributed by atoms with Crippen LogP contribution in [0.5, 0.6) is 0 Å². The van der Waals surface area contributed by atoms with Gasteiger partial charge in [-0.2, -0.15) is 0 Å². The van der Waals surface area contributed by atoms with Crippen LogP contribution in [0.2, 0.25) is 0 Å². The molecule has 0 fully saturated rings. The van der Waals surface area contributed by atoms with Crippen LogP contribution in [0.1, 0.15) is 5.56 Å². The summed E-state index contributed by atoms with van der Waals surface area (Å²) in [5, 5.41) is 0. The molecule has 0 unspecified atom stereocenters. The number of hydrogen-bond acceptors (Lipinski definition) is 2. The van der Waals surface area contributed by atoms with Gasteiger partial charge in [0.05, 0.1) is 4.90 Å². The largest absolute Gasteiger partial charge is 0.280 e. The Bertz CT molecular complexity index is 677. The lowest BCUT2D eigenvalue weighted by Gasteiger charge is -2.08. The van der Waals surface area contributed by atoms with E-state index in [4.69, 9.17) is 0 Å². The second-order valence-electron chi connectivity index (χ2n) is 4.08. The molecular formula is C13H11F2NO2S. The molecule has 1 N–H and O–H groups in total. The first-order valence-electron chi connectivity index (χ1n) is 5.42. The summed E-state index contributed by atoms with van der Waals surface area (Å²) in [4.78, 5) is -0.453. The average molecular weight is 283 g/mol. The van der Waals surface area contributed by atoms with Crippen molar-refractivity contribution >= 4 is 15.7 Å². The van der Waals surface area contributed by atoms with Gasteiger partial charge in [-0.05, 0) is 31.2 Å². The lowest BCUT2D eigenvalue weighted by Crippen LogP contribution is -2.13. The molecule has 0 saturated heterocycles. The summed E-state index contributed by atoms with van der Waals surface area (Å²) in [5.74, 6) is -1.88. The predicted molar refractivity (Wildman–Crippen MR) is 68.3 cm³/mol. The Labute approximate surface area is 109 Å². The molecule has 0 aromatic heterocycles. The summed E-state index contributed by atoms with van der Waals surface area (Å²) in [5.41, 5.74) is 1.30. The van der Waals surface area contributed by atoms with E-state index in [0.29, 0.717) is 11.8 Å². The Balaban J connectivity index is 2.34. The lowest BCUT2D eigenvalue weighted by molar-refractivity contribution is 0.568. The van der Waals surface area contributed by atoms with Crippen LogP contribution in [0.15, 0.2) is 47.4 Å². The smallest absolute Gasteiger partial charge is 0.262 e. The summed E-state index contributed by atoms with van der Waals surface area (Å²) in [6.07, 6.45) is 0. The van der Waals surface area contributed by atoms with Gasteiger partial charge in [0.15, 0.2) is 0 Å². The van der Waals surface area contributed by atoms with Crippen LogP contribution < -0.4 is 4.72 Å². The zero-order valence-corrected chi connectivity index (χ0v) is 10.8. The molecule has 6 heteroatoms. The first-order valence-corrected chi connectivity index (χ1v) is 6.91. The van der Waals surface area contributed by atoms with Gasteiger partial charge < -0.3 is 0 Å². The zero-order valence-electron chi connectivity index (χ0n) is 10.0. The quantitative estimate of drug-likeness (QED) is 0.941. The number of rotatable bonds is 3. The fourth-order valence-electron chi connectivity index (χ4n) is 1.52. The first-order chi connectivity index (χ1) is 8.87. The van der Waals surface area contributed by atoms with Crippen LogP contribution in [0, 0.1) is 18.6 Å². The minimum atomic E-state index is -4.00. The Kier molecular flexibility index (Phi) is 3.53. The highest BCUT2D eigenvalue weighted by Crippen LogP contribution is 2.18. The van der Waals surface area contributed by atoms with E-state index in [9.17, 15) is 17.2 Å². The molecule has 0 aliphatic rings. The van der Waals surface area contributed by atoms with Crippen LogP contribution in [0.3, 0.4) is 0 Å². The zero-order chi connectivity index (χ0) is 14.0. The maximum Gasteiger partial charge on any atom is 0.262 e. The molecule has 3 nitrogen and oxygen atoms in total. The summed E-state index contributed by atoms with van der Waals surface area (Å²) in [7, 11) is -4.00.